The normalized spacial score (nSPS) is 16.7. The fourth-order valence-electron chi connectivity index (χ4n) is 2.55. The van der Waals surface area contributed by atoms with Crippen molar-refractivity contribution in [2.24, 2.45) is 0 Å². The first-order valence-electron chi connectivity index (χ1n) is 6.39. The SMILES string of the molecule is Cc1cc(=O)[nH]c(N2CC(O)(c3c(F)cccc3F)C2)n1. The van der Waals surface area contributed by atoms with Crippen LogP contribution in [0.3, 0.4) is 0 Å². The maximum absolute atomic E-state index is 13.7. The van der Waals surface area contributed by atoms with Gasteiger partial charge in [0, 0.05) is 11.8 Å². The lowest BCUT2D eigenvalue weighted by molar-refractivity contribution is -0.000132. The molecule has 0 atom stereocenters. The minimum atomic E-state index is -1.63. The second-order valence-electron chi connectivity index (χ2n) is 5.19. The van der Waals surface area contributed by atoms with Gasteiger partial charge >= 0.3 is 0 Å². The zero-order valence-corrected chi connectivity index (χ0v) is 11.2. The van der Waals surface area contributed by atoms with Crippen LogP contribution < -0.4 is 10.5 Å². The summed E-state index contributed by atoms with van der Waals surface area (Å²) in [6.07, 6.45) is 0. The van der Waals surface area contributed by atoms with Gasteiger partial charge in [-0.05, 0) is 19.1 Å². The monoisotopic (exact) mass is 293 g/mol. The highest BCUT2D eigenvalue weighted by Crippen LogP contribution is 2.36. The molecule has 21 heavy (non-hydrogen) atoms. The number of nitrogens with zero attached hydrogens (tertiary/aromatic N) is 2. The Hall–Kier alpha value is -2.28. The standard InChI is InChI=1S/C14H13F2N3O2/c1-8-5-11(20)18-13(17-8)19-6-14(21,7-19)12-9(15)3-2-4-10(12)16/h2-5,21H,6-7H2,1H3,(H,17,18,20). The lowest BCUT2D eigenvalue weighted by atomic mass is 9.85. The van der Waals surface area contributed by atoms with Crippen LogP contribution in [-0.4, -0.2) is 28.2 Å². The quantitative estimate of drug-likeness (QED) is 0.869. The van der Waals surface area contributed by atoms with Crippen molar-refractivity contribution in [3.05, 3.63) is 57.5 Å². The molecule has 3 rings (SSSR count). The molecule has 1 aliphatic rings. The molecular formula is C14H13F2N3O2. The first-order valence-corrected chi connectivity index (χ1v) is 6.39. The molecule has 0 radical (unpaired) electrons. The van der Waals surface area contributed by atoms with Crippen molar-refractivity contribution in [1.82, 2.24) is 9.97 Å². The summed E-state index contributed by atoms with van der Waals surface area (Å²) in [5, 5.41) is 10.4. The first-order chi connectivity index (χ1) is 9.89. The highest BCUT2D eigenvalue weighted by molar-refractivity contribution is 5.43. The van der Waals surface area contributed by atoms with Gasteiger partial charge in [0.2, 0.25) is 5.95 Å². The van der Waals surface area contributed by atoms with Crippen molar-refractivity contribution in [2.45, 2.75) is 12.5 Å². The third-order valence-corrected chi connectivity index (χ3v) is 3.49. The van der Waals surface area contributed by atoms with Gasteiger partial charge in [0.15, 0.2) is 0 Å². The van der Waals surface area contributed by atoms with Gasteiger partial charge in [-0.3, -0.25) is 9.78 Å². The Morgan fingerprint density at radius 2 is 1.95 bits per heavy atom. The summed E-state index contributed by atoms with van der Waals surface area (Å²) in [6.45, 7) is 1.58. The van der Waals surface area contributed by atoms with Gasteiger partial charge in [-0.25, -0.2) is 13.8 Å². The topological polar surface area (TPSA) is 69.2 Å². The van der Waals surface area contributed by atoms with Crippen LogP contribution in [0.25, 0.3) is 0 Å². The molecule has 0 unspecified atom stereocenters. The molecule has 2 heterocycles. The third kappa shape index (κ3) is 2.29. The Bertz CT molecular complexity index is 734. The van der Waals surface area contributed by atoms with Crippen LogP contribution in [0.4, 0.5) is 14.7 Å². The van der Waals surface area contributed by atoms with Crippen molar-refractivity contribution < 1.29 is 13.9 Å². The van der Waals surface area contributed by atoms with Crippen LogP contribution in [0.2, 0.25) is 0 Å². The molecule has 1 aliphatic heterocycles. The summed E-state index contributed by atoms with van der Waals surface area (Å²) >= 11 is 0. The Labute approximate surface area is 118 Å². The largest absolute Gasteiger partial charge is 0.381 e. The van der Waals surface area contributed by atoms with Crippen LogP contribution in [0.5, 0.6) is 0 Å². The summed E-state index contributed by atoms with van der Waals surface area (Å²) in [5.74, 6) is -1.30. The van der Waals surface area contributed by atoms with E-state index in [9.17, 15) is 18.7 Å². The molecule has 5 nitrogen and oxygen atoms in total. The molecule has 0 aliphatic carbocycles. The second kappa shape index (κ2) is 4.63. The number of hydrogen-bond acceptors (Lipinski definition) is 4. The average Bonchev–Trinajstić information content (AvgIpc) is 2.34. The van der Waals surface area contributed by atoms with Gasteiger partial charge in [0.1, 0.15) is 17.2 Å². The van der Waals surface area contributed by atoms with Crippen molar-refractivity contribution in [3.8, 4) is 0 Å². The van der Waals surface area contributed by atoms with E-state index in [4.69, 9.17) is 0 Å². The van der Waals surface area contributed by atoms with E-state index in [1.165, 1.54) is 12.1 Å². The lowest BCUT2D eigenvalue weighted by Gasteiger charge is -2.46. The van der Waals surface area contributed by atoms with Gasteiger partial charge in [0.25, 0.3) is 5.56 Å². The molecule has 0 spiro atoms. The number of aryl methyl sites for hydroxylation is 1. The number of β-amino-alcohol motifs (C(OH)–C–C–N with tert-alkyl or cyclic N) is 1. The Kier molecular flexibility index (Phi) is 3.02. The highest BCUT2D eigenvalue weighted by atomic mass is 19.1. The molecule has 1 fully saturated rings. The van der Waals surface area contributed by atoms with E-state index in [1.54, 1.807) is 11.8 Å². The van der Waals surface area contributed by atoms with E-state index in [1.807, 2.05) is 0 Å². The molecule has 2 N–H and O–H groups in total. The number of aromatic nitrogens is 2. The smallest absolute Gasteiger partial charge is 0.252 e. The molecule has 0 bridgehead atoms. The molecule has 0 amide bonds. The van der Waals surface area contributed by atoms with E-state index in [0.29, 0.717) is 5.69 Å². The van der Waals surface area contributed by atoms with E-state index in [0.717, 1.165) is 12.1 Å². The van der Waals surface area contributed by atoms with Gasteiger partial charge in [-0.1, -0.05) is 6.07 Å². The predicted octanol–water partition coefficient (Wildman–Crippen LogP) is 1.06. The molecule has 1 saturated heterocycles. The molecule has 0 saturated carbocycles. The first kappa shape index (κ1) is 13.7. The number of nitrogens with one attached hydrogen (secondary N) is 1. The number of anilines is 1. The van der Waals surface area contributed by atoms with E-state index in [2.05, 4.69) is 9.97 Å². The lowest BCUT2D eigenvalue weighted by Crippen LogP contribution is -2.61. The maximum Gasteiger partial charge on any atom is 0.252 e. The second-order valence-corrected chi connectivity index (χ2v) is 5.19. The summed E-state index contributed by atoms with van der Waals surface area (Å²) in [4.78, 5) is 19.6. The van der Waals surface area contributed by atoms with E-state index >= 15 is 0 Å². The summed E-state index contributed by atoms with van der Waals surface area (Å²) < 4.78 is 27.5. The van der Waals surface area contributed by atoms with Crippen LogP contribution in [0.1, 0.15) is 11.3 Å². The van der Waals surface area contributed by atoms with Crippen LogP contribution in [0.15, 0.2) is 29.1 Å². The fourth-order valence-corrected chi connectivity index (χ4v) is 2.55. The summed E-state index contributed by atoms with van der Waals surface area (Å²) in [6, 6.07) is 4.79. The predicted molar refractivity (Wildman–Crippen MR) is 72.1 cm³/mol. The fraction of sp³-hybridized carbons (Fsp3) is 0.286. The Morgan fingerprint density at radius 3 is 2.52 bits per heavy atom. The summed E-state index contributed by atoms with van der Waals surface area (Å²) in [5.41, 5.74) is -1.76. The third-order valence-electron chi connectivity index (χ3n) is 3.49. The number of hydrogen-bond donors (Lipinski definition) is 2. The van der Waals surface area contributed by atoms with Gasteiger partial charge < -0.3 is 10.0 Å². The van der Waals surface area contributed by atoms with E-state index < -0.39 is 17.2 Å². The molecular weight excluding hydrogens is 280 g/mol. The minimum absolute atomic E-state index is 0.0444. The van der Waals surface area contributed by atoms with Crippen LogP contribution in [0, 0.1) is 18.6 Å². The number of halogens is 2. The van der Waals surface area contributed by atoms with Crippen LogP contribution >= 0.6 is 0 Å². The number of aromatic amines is 1. The molecule has 110 valence electrons. The van der Waals surface area contributed by atoms with E-state index in [-0.39, 0.29) is 30.2 Å². The van der Waals surface area contributed by atoms with Gasteiger partial charge in [-0.15, -0.1) is 0 Å². The van der Waals surface area contributed by atoms with Crippen molar-refractivity contribution in [1.29, 1.82) is 0 Å². The highest BCUT2D eigenvalue weighted by Gasteiger charge is 2.47. The molecule has 1 aromatic carbocycles. The van der Waals surface area contributed by atoms with Crippen LogP contribution in [-0.2, 0) is 5.60 Å². The molecule has 7 heteroatoms. The van der Waals surface area contributed by atoms with Crippen molar-refractivity contribution in [3.63, 3.8) is 0 Å². The van der Waals surface area contributed by atoms with Crippen molar-refractivity contribution >= 4 is 5.95 Å². The minimum Gasteiger partial charge on any atom is -0.381 e. The zero-order chi connectivity index (χ0) is 15.2. The zero-order valence-electron chi connectivity index (χ0n) is 11.2. The number of aliphatic hydroxyl groups is 1. The average molecular weight is 293 g/mol. The molecule has 2 aromatic rings. The summed E-state index contributed by atoms with van der Waals surface area (Å²) in [7, 11) is 0. The Morgan fingerprint density at radius 1 is 1.33 bits per heavy atom. The number of rotatable bonds is 2. The van der Waals surface area contributed by atoms with Crippen molar-refractivity contribution in [2.75, 3.05) is 18.0 Å². The number of H-pyrrole nitrogens is 1. The number of benzene rings is 1. The maximum atomic E-state index is 13.7. The van der Waals surface area contributed by atoms with Gasteiger partial charge in [-0.2, -0.15) is 0 Å². The Balaban J connectivity index is 1.88. The molecule has 1 aromatic heterocycles. The van der Waals surface area contributed by atoms with Gasteiger partial charge in [0.05, 0.1) is 18.7 Å².